The smallest absolute Gasteiger partial charge is 0.213 e. The molecule has 1 aromatic carbocycles. The largest absolute Gasteiger partial charge is 0.398 e. The molecule has 6 heteroatoms. The van der Waals surface area contributed by atoms with Gasteiger partial charge in [0, 0.05) is 47.5 Å². The number of anilines is 2. The van der Waals surface area contributed by atoms with Gasteiger partial charge < -0.3 is 15.6 Å². The van der Waals surface area contributed by atoms with Crippen LogP contribution in [0, 0.1) is 0 Å². The monoisotopic (exact) mass is 255 g/mol. The third-order valence-corrected chi connectivity index (χ3v) is 2.92. The maximum absolute atomic E-state index is 5.94. The number of nitrogens with zero attached hydrogens (tertiary/aromatic N) is 3. The standard InChI is InChI=1S/C13H13N5O/c14-11-1-2-12(10-7-15-5-3-9(10)11)16-6-4-13-17-8-19-18-13/h1-3,5,7-8,16H,4,6,14H2. The highest BCUT2D eigenvalue weighted by molar-refractivity contribution is 6.00. The second-order valence-electron chi connectivity index (χ2n) is 4.15. The highest BCUT2D eigenvalue weighted by atomic mass is 16.5. The first-order chi connectivity index (χ1) is 9.34. The summed E-state index contributed by atoms with van der Waals surface area (Å²) < 4.78 is 4.69. The van der Waals surface area contributed by atoms with E-state index in [1.165, 1.54) is 6.39 Å². The Hall–Kier alpha value is -2.63. The number of aromatic nitrogens is 3. The van der Waals surface area contributed by atoms with Gasteiger partial charge >= 0.3 is 0 Å². The van der Waals surface area contributed by atoms with Crippen molar-refractivity contribution in [2.24, 2.45) is 0 Å². The Morgan fingerprint density at radius 3 is 3.00 bits per heavy atom. The van der Waals surface area contributed by atoms with Crippen molar-refractivity contribution in [1.82, 2.24) is 15.1 Å². The first kappa shape index (κ1) is 11.5. The number of benzene rings is 1. The maximum Gasteiger partial charge on any atom is 0.213 e. The van der Waals surface area contributed by atoms with Crippen molar-refractivity contribution in [2.45, 2.75) is 6.42 Å². The molecule has 0 aliphatic carbocycles. The van der Waals surface area contributed by atoms with Crippen molar-refractivity contribution < 1.29 is 4.52 Å². The SMILES string of the molecule is Nc1ccc(NCCc2ncon2)c2cnccc12. The Balaban J connectivity index is 1.79. The van der Waals surface area contributed by atoms with Gasteiger partial charge in [0.1, 0.15) is 0 Å². The van der Waals surface area contributed by atoms with Crippen molar-refractivity contribution in [3.63, 3.8) is 0 Å². The van der Waals surface area contributed by atoms with Crippen molar-refractivity contribution in [3.05, 3.63) is 42.8 Å². The Morgan fingerprint density at radius 2 is 2.16 bits per heavy atom. The average molecular weight is 255 g/mol. The quantitative estimate of drug-likeness (QED) is 0.691. The van der Waals surface area contributed by atoms with Gasteiger partial charge in [-0.15, -0.1) is 0 Å². The fourth-order valence-electron chi connectivity index (χ4n) is 1.98. The number of nitrogens with one attached hydrogen (secondary N) is 1. The van der Waals surface area contributed by atoms with Crippen molar-refractivity contribution in [1.29, 1.82) is 0 Å². The molecule has 0 fully saturated rings. The molecule has 0 saturated heterocycles. The zero-order valence-corrected chi connectivity index (χ0v) is 10.2. The summed E-state index contributed by atoms with van der Waals surface area (Å²) in [6.07, 6.45) is 5.57. The zero-order valence-electron chi connectivity index (χ0n) is 10.2. The summed E-state index contributed by atoms with van der Waals surface area (Å²) in [5.41, 5.74) is 7.69. The molecule has 0 saturated carbocycles. The van der Waals surface area contributed by atoms with Crippen LogP contribution in [0.5, 0.6) is 0 Å². The lowest BCUT2D eigenvalue weighted by Gasteiger charge is -2.10. The van der Waals surface area contributed by atoms with Crippen LogP contribution in [0.1, 0.15) is 5.82 Å². The minimum absolute atomic E-state index is 0.686. The fourth-order valence-corrected chi connectivity index (χ4v) is 1.98. The predicted octanol–water partition coefficient (Wildman–Crippen LogP) is 1.85. The van der Waals surface area contributed by atoms with Crippen molar-refractivity contribution >= 4 is 22.1 Å². The minimum atomic E-state index is 0.686. The van der Waals surface area contributed by atoms with Crippen LogP contribution in [0.25, 0.3) is 10.8 Å². The van der Waals surface area contributed by atoms with E-state index in [9.17, 15) is 0 Å². The third kappa shape index (κ3) is 2.33. The van der Waals surface area contributed by atoms with E-state index in [2.05, 4.69) is 25.0 Å². The van der Waals surface area contributed by atoms with E-state index in [0.29, 0.717) is 18.8 Å². The van der Waals surface area contributed by atoms with Crippen molar-refractivity contribution in [2.75, 3.05) is 17.6 Å². The molecule has 0 unspecified atom stereocenters. The summed E-state index contributed by atoms with van der Waals surface area (Å²) in [6, 6.07) is 5.75. The van der Waals surface area contributed by atoms with Crippen LogP contribution in [-0.2, 0) is 6.42 Å². The van der Waals surface area contributed by atoms with E-state index >= 15 is 0 Å². The van der Waals surface area contributed by atoms with E-state index < -0.39 is 0 Å². The number of fused-ring (bicyclic) bond motifs is 1. The molecule has 3 rings (SSSR count). The highest BCUT2D eigenvalue weighted by Gasteiger charge is 2.04. The Labute approximate surface area is 109 Å². The van der Waals surface area contributed by atoms with Crippen LogP contribution < -0.4 is 11.1 Å². The fraction of sp³-hybridized carbons (Fsp3) is 0.154. The maximum atomic E-state index is 5.94. The Morgan fingerprint density at radius 1 is 1.21 bits per heavy atom. The topological polar surface area (TPSA) is 89.9 Å². The molecule has 0 aliphatic rings. The van der Waals surface area contributed by atoms with Gasteiger partial charge in [0.05, 0.1) is 0 Å². The molecular formula is C13H13N5O. The molecule has 0 radical (unpaired) electrons. The molecule has 96 valence electrons. The highest BCUT2D eigenvalue weighted by Crippen LogP contribution is 2.27. The van der Waals surface area contributed by atoms with Crippen LogP contribution in [0.15, 0.2) is 41.5 Å². The van der Waals surface area contributed by atoms with Crippen molar-refractivity contribution in [3.8, 4) is 0 Å². The van der Waals surface area contributed by atoms with Crippen LogP contribution in [0.2, 0.25) is 0 Å². The molecule has 0 atom stereocenters. The summed E-state index contributed by atoms with van der Waals surface area (Å²) in [7, 11) is 0. The molecule has 3 N–H and O–H groups in total. The zero-order chi connectivity index (χ0) is 13.1. The molecule has 19 heavy (non-hydrogen) atoms. The second kappa shape index (κ2) is 4.93. The van der Waals surface area contributed by atoms with Crippen LogP contribution in [-0.4, -0.2) is 21.7 Å². The van der Waals surface area contributed by atoms with Crippen LogP contribution in [0.4, 0.5) is 11.4 Å². The van der Waals surface area contributed by atoms with E-state index in [4.69, 9.17) is 5.73 Å². The first-order valence-corrected chi connectivity index (χ1v) is 5.96. The molecule has 6 nitrogen and oxygen atoms in total. The molecule has 2 heterocycles. The van der Waals surface area contributed by atoms with Gasteiger partial charge in [-0.25, -0.2) is 0 Å². The third-order valence-electron chi connectivity index (χ3n) is 2.92. The molecule has 0 amide bonds. The van der Waals surface area contributed by atoms with E-state index in [-0.39, 0.29) is 0 Å². The lowest BCUT2D eigenvalue weighted by Crippen LogP contribution is -2.06. The summed E-state index contributed by atoms with van der Waals surface area (Å²) in [4.78, 5) is 8.11. The summed E-state index contributed by atoms with van der Waals surface area (Å²) in [6.45, 7) is 0.716. The Bertz CT molecular complexity index is 681. The molecular weight excluding hydrogens is 242 g/mol. The van der Waals surface area contributed by atoms with Gasteiger partial charge in [0.25, 0.3) is 0 Å². The average Bonchev–Trinajstić information content (AvgIpc) is 2.95. The van der Waals surface area contributed by atoms with E-state index in [1.54, 1.807) is 6.20 Å². The summed E-state index contributed by atoms with van der Waals surface area (Å²) in [5, 5.41) is 9.11. The summed E-state index contributed by atoms with van der Waals surface area (Å²) >= 11 is 0. The minimum Gasteiger partial charge on any atom is -0.398 e. The van der Waals surface area contributed by atoms with E-state index in [1.807, 2.05) is 24.4 Å². The first-order valence-electron chi connectivity index (χ1n) is 5.96. The lowest BCUT2D eigenvalue weighted by atomic mass is 10.1. The van der Waals surface area contributed by atoms with E-state index in [0.717, 1.165) is 22.1 Å². The molecule has 0 bridgehead atoms. The lowest BCUT2D eigenvalue weighted by molar-refractivity contribution is 0.410. The predicted molar refractivity (Wildman–Crippen MR) is 72.6 cm³/mol. The number of hydrogen-bond donors (Lipinski definition) is 2. The van der Waals surface area contributed by atoms with Crippen LogP contribution >= 0.6 is 0 Å². The number of hydrogen-bond acceptors (Lipinski definition) is 6. The van der Waals surface area contributed by atoms with Gasteiger partial charge in [0.15, 0.2) is 5.82 Å². The van der Waals surface area contributed by atoms with Gasteiger partial charge in [-0.2, -0.15) is 4.98 Å². The van der Waals surface area contributed by atoms with Crippen LogP contribution in [0.3, 0.4) is 0 Å². The molecule has 0 aliphatic heterocycles. The normalized spacial score (nSPS) is 10.7. The Kier molecular flexibility index (Phi) is 2.97. The number of pyridine rings is 1. The second-order valence-corrected chi connectivity index (χ2v) is 4.15. The number of nitrogens with two attached hydrogens (primary N) is 1. The van der Waals surface area contributed by atoms with Gasteiger partial charge in [0.2, 0.25) is 6.39 Å². The molecule has 2 aromatic heterocycles. The number of rotatable bonds is 4. The summed E-state index contributed by atoms with van der Waals surface area (Å²) in [5.74, 6) is 0.686. The van der Waals surface area contributed by atoms with Gasteiger partial charge in [-0.3, -0.25) is 4.98 Å². The number of nitrogen functional groups attached to an aromatic ring is 1. The molecule has 0 spiro atoms. The molecule has 3 aromatic rings. The van der Waals surface area contributed by atoms with Gasteiger partial charge in [-0.05, 0) is 18.2 Å². The van der Waals surface area contributed by atoms with Gasteiger partial charge in [-0.1, -0.05) is 5.16 Å².